The Balaban J connectivity index is 0.000000396. The third-order valence-corrected chi connectivity index (χ3v) is 6.04. The molecule has 3 nitrogen and oxygen atoms in total. The largest absolute Gasteiger partial charge is 0.416 e. The van der Waals surface area contributed by atoms with Crippen LogP contribution in [0, 0.1) is 11.7 Å². The maximum absolute atomic E-state index is 12.9. The molecule has 2 aliphatic rings. The van der Waals surface area contributed by atoms with E-state index >= 15 is 0 Å². The van der Waals surface area contributed by atoms with Gasteiger partial charge in [0.15, 0.2) is 0 Å². The zero-order valence-corrected chi connectivity index (χ0v) is 18.2. The number of ether oxygens (including phenoxy) is 1. The van der Waals surface area contributed by atoms with Gasteiger partial charge in [0.05, 0.1) is 23.8 Å². The summed E-state index contributed by atoms with van der Waals surface area (Å²) >= 11 is 0. The van der Waals surface area contributed by atoms with Gasteiger partial charge in [-0.1, -0.05) is 18.2 Å². The van der Waals surface area contributed by atoms with Crippen molar-refractivity contribution in [2.75, 3.05) is 19.7 Å². The normalized spacial score (nSPS) is 23.2. The summed E-state index contributed by atoms with van der Waals surface area (Å²) in [6.45, 7) is 1.24. The number of aliphatic hydroxyl groups is 1. The summed E-state index contributed by atoms with van der Waals surface area (Å²) in [7, 11) is 0. The monoisotopic (exact) mass is 493 g/mol. The van der Waals surface area contributed by atoms with Gasteiger partial charge in [0, 0.05) is 19.2 Å². The third kappa shape index (κ3) is 7.41. The molecule has 2 saturated heterocycles. The van der Waals surface area contributed by atoms with Crippen LogP contribution in [0.2, 0.25) is 0 Å². The summed E-state index contributed by atoms with van der Waals surface area (Å²) in [5, 5.41) is 9.28. The first kappa shape index (κ1) is 26.4. The minimum absolute atomic E-state index is 0.119. The van der Waals surface area contributed by atoms with E-state index in [1.807, 2.05) is 0 Å². The summed E-state index contributed by atoms with van der Waals surface area (Å²) in [4.78, 5) is 2.21. The number of rotatable bonds is 4. The van der Waals surface area contributed by atoms with Crippen LogP contribution in [0.4, 0.5) is 30.7 Å². The highest BCUT2D eigenvalue weighted by Gasteiger charge is 2.38. The molecule has 2 fully saturated rings. The molecule has 0 aliphatic carbocycles. The summed E-state index contributed by atoms with van der Waals surface area (Å²) in [6.07, 6.45) is -7.58. The topological polar surface area (TPSA) is 32.7 Å². The fourth-order valence-electron chi connectivity index (χ4n) is 4.33. The van der Waals surface area contributed by atoms with E-state index in [-0.39, 0.29) is 48.7 Å². The molecule has 0 aromatic heterocycles. The molecule has 188 valence electrons. The number of fused-ring (bicyclic) bond motifs is 1. The number of piperidine rings is 1. The highest BCUT2D eigenvalue weighted by atomic mass is 19.4. The second-order valence-electron chi connectivity index (χ2n) is 8.60. The van der Waals surface area contributed by atoms with Gasteiger partial charge in [-0.05, 0) is 67.6 Å². The smallest absolute Gasteiger partial charge is 0.396 e. The predicted octanol–water partition coefficient (Wildman–Crippen LogP) is 5.91. The second kappa shape index (κ2) is 11.0. The van der Waals surface area contributed by atoms with Crippen molar-refractivity contribution in [2.45, 2.75) is 50.4 Å². The first-order chi connectivity index (χ1) is 16.0. The highest BCUT2D eigenvalue weighted by Crippen LogP contribution is 2.37. The average Bonchev–Trinajstić information content (AvgIpc) is 3.19. The molecule has 2 aromatic rings. The molecule has 2 heterocycles. The van der Waals surface area contributed by atoms with Crippen LogP contribution in [0.25, 0.3) is 0 Å². The minimum Gasteiger partial charge on any atom is -0.396 e. The number of aliphatic hydroxyl groups excluding tert-OH is 1. The lowest BCUT2D eigenvalue weighted by atomic mass is 9.92. The van der Waals surface area contributed by atoms with Crippen LogP contribution in [-0.4, -0.2) is 41.8 Å². The molecule has 0 amide bonds. The number of hydrogen-bond acceptors (Lipinski definition) is 3. The van der Waals surface area contributed by atoms with Gasteiger partial charge in [-0.25, -0.2) is 4.39 Å². The average molecular weight is 493 g/mol. The van der Waals surface area contributed by atoms with E-state index in [1.54, 1.807) is 18.2 Å². The van der Waals surface area contributed by atoms with Crippen LogP contribution >= 0.6 is 0 Å². The van der Waals surface area contributed by atoms with E-state index in [9.17, 15) is 35.8 Å². The highest BCUT2D eigenvalue weighted by molar-refractivity contribution is 5.33. The predicted molar refractivity (Wildman–Crippen MR) is 111 cm³/mol. The molecule has 2 aromatic carbocycles. The van der Waals surface area contributed by atoms with Gasteiger partial charge in [-0.15, -0.1) is 0 Å². The summed E-state index contributed by atoms with van der Waals surface area (Å²) in [6, 6.07) is 9.72. The molecule has 1 N–H and O–H groups in total. The molecule has 0 bridgehead atoms. The van der Waals surface area contributed by atoms with Crippen LogP contribution in [0.5, 0.6) is 0 Å². The molecule has 34 heavy (non-hydrogen) atoms. The lowest BCUT2D eigenvalue weighted by Gasteiger charge is -2.33. The fraction of sp³-hybridized carbons (Fsp3) is 0.500. The molecule has 3 atom stereocenters. The fourth-order valence-corrected chi connectivity index (χ4v) is 4.33. The van der Waals surface area contributed by atoms with Gasteiger partial charge < -0.3 is 9.84 Å². The Morgan fingerprint density at radius 1 is 0.912 bits per heavy atom. The molecule has 4 rings (SSSR count). The maximum atomic E-state index is 12.9. The number of nitrogens with zero attached hydrogens (tertiary/aromatic N) is 1. The van der Waals surface area contributed by atoms with Crippen molar-refractivity contribution in [3.8, 4) is 0 Å². The lowest BCUT2D eigenvalue weighted by Crippen LogP contribution is -2.39. The van der Waals surface area contributed by atoms with Gasteiger partial charge in [0.1, 0.15) is 5.82 Å². The van der Waals surface area contributed by atoms with Crippen molar-refractivity contribution < 1.29 is 40.6 Å². The molecule has 0 saturated carbocycles. The molecule has 3 unspecified atom stereocenters. The Kier molecular flexibility index (Phi) is 8.59. The summed E-state index contributed by atoms with van der Waals surface area (Å²) in [5.41, 5.74) is -2.80. The van der Waals surface area contributed by atoms with E-state index in [4.69, 9.17) is 4.74 Å². The summed E-state index contributed by atoms with van der Waals surface area (Å²) < 4.78 is 95.0. The maximum Gasteiger partial charge on any atom is 0.416 e. The Bertz CT molecular complexity index is 886. The quantitative estimate of drug-likeness (QED) is 0.538. The summed E-state index contributed by atoms with van der Waals surface area (Å²) in [5.74, 6) is 0.0605. The molecule has 10 heteroatoms. The van der Waals surface area contributed by atoms with E-state index in [1.165, 1.54) is 12.1 Å². The minimum atomic E-state index is -4.86. The van der Waals surface area contributed by atoms with Crippen LogP contribution in [0.1, 0.15) is 36.0 Å². The Morgan fingerprint density at radius 2 is 1.53 bits per heavy atom. The van der Waals surface area contributed by atoms with Crippen LogP contribution < -0.4 is 0 Å². The Labute approximate surface area is 193 Å². The van der Waals surface area contributed by atoms with E-state index in [2.05, 4.69) is 4.90 Å². The van der Waals surface area contributed by atoms with E-state index < -0.39 is 23.5 Å². The van der Waals surface area contributed by atoms with Gasteiger partial charge >= 0.3 is 12.4 Å². The number of benzene rings is 2. The van der Waals surface area contributed by atoms with E-state index in [0.717, 1.165) is 19.4 Å². The van der Waals surface area contributed by atoms with E-state index in [0.29, 0.717) is 25.1 Å². The second-order valence-corrected chi connectivity index (χ2v) is 8.60. The molecular weight excluding hydrogens is 467 g/mol. The van der Waals surface area contributed by atoms with Crippen molar-refractivity contribution in [1.29, 1.82) is 0 Å². The van der Waals surface area contributed by atoms with Crippen LogP contribution in [-0.2, 0) is 23.7 Å². The van der Waals surface area contributed by atoms with Crippen LogP contribution in [0.3, 0.4) is 0 Å². The van der Waals surface area contributed by atoms with Crippen molar-refractivity contribution >= 4 is 0 Å². The Hall–Kier alpha value is -2.17. The molecular formula is C24H26F7NO2. The first-order valence-electron chi connectivity index (χ1n) is 10.9. The first-order valence-corrected chi connectivity index (χ1v) is 10.9. The Morgan fingerprint density at radius 3 is 2.03 bits per heavy atom. The standard InChI is InChI=1S/C18H21F6NO2.C6H5F/c19-17(20,21)13-3-12(4-14(6-13)18(22,23)24)10-27-16-7-15-5-11(9-26)1-2-25(15)8-16;7-6-4-2-1-3-5-6/h3-4,6,11,15-16,26H,1-2,5,7-10H2;1-5H. The third-order valence-electron chi connectivity index (χ3n) is 6.04. The van der Waals surface area contributed by atoms with Crippen molar-refractivity contribution in [3.63, 3.8) is 0 Å². The van der Waals surface area contributed by atoms with Crippen molar-refractivity contribution in [1.82, 2.24) is 4.90 Å². The zero-order chi connectivity index (χ0) is 24.9. The van der Waals surface area contributed by atoms with Gasteiger partial charge in [-0.3, -0.25) is 4.90 Å². The SMILES string of the molecule is Fc1ccccc1.OCC1CCN2CC(OCc3cc(C(F)(F)F)cc(C(F)(F)F)c3)CC2C1. The molecule has 0 radical (unpaired) electrons. The van der Waals surface area contributed by atoms with Gasteiger partial charge in [0.25, 0.3) is 0 Å². The number of hydrogen-bond donors (Lipinski definition) is 1. The number of alkyl halides is 6. The molecule has 2 aliphatic heterocycles. The van der Waals surface area contributed by atoms with Gasteiger partial charge in [0.2, 0.25) is 0 Å². The lowest BCUT2D eigenvalue weighted by molar-refractivity contribution is -0.143. The molecule has 0 spiro atoms. The zero-order valence-electron chi connectivity index (χ0n) is 18.2. The van der Waals surface area contributed by atoms with Crippen molar-refractivity contribution in [3.05, 3.63) is 71.0 Å². The van der Waals surface area contributed by atoms with Crippen LogP contribution in [0.15, 0.2) is 48.5 Å². The van der Waals surface area contributed by atoms with Crippen molar-refractivity contribution in [2.24, 2.45) is 5.92 Å². The van der Waals surface area contributed by atoms with Gasteiger partial charge in [-0.2, -0.15) is 26.3 Å². The number of halogens is 7.